The zero-order valence-corrected chi connectivity index (χ0v) is 7.97. The molecule has 0 radical (unpaired) electrons. The quantitative estimate of drug-likeness (QED) is 0.795. The summed E-state index contributed by atoms with van der Waals surface area (Å²) in [6.45, 7) is -0.124. The predicted octanol–water partition coefficient (Wildman–Crippen LogP) is 1.73. The minimum Gasteiger partial charge on any atom is -0.480 e. The zero-order valence-electron chi connectivity index (χ0n) is 7.97. The number of fused-ring (bicyclic) bond motifs is 1. The molecule has 15 heavy (non-hydrogen) atoms. The fourth-order valence-electron chi connectivity index (χ4n) is 1.42. The first-order chi connectivity index (χ1) is 7.27. The first-order valence-electron chi connectivity index (χ1n) is 4.57. The second kappa shape index (κ2) is 3.96. The molecule has 0 aliphatic heterocycles. The van der Waals surface area contributed by atoms with Crippen LogP contribution in [-0.4, -0.2) is 22.6 Å². The highest BCUT2D eigenvalue weighted by atomic mass is 16.4. The molecule has 2 aromatic rings. The summed E-state index contributed by atoms with van der Waals surface area (Å²) in [4.78, 5) is 14.5. The minimum atomic E-state index is -0.898. The van der Waals surface area contributed by atoms with Gasteiger partial charge in [0.15, 0.2) is 0 Å². The number of carbonyl (C=O) groups is 1. The summed E-state index contributed by atoms with van der Waals surface area (Å²) >= 11 is 0. The highest BCUT2D eigenvalue weighted by molar-refractivity contribution is 5.92. The van der Waals surface area contributed by atoms with Gasteiger partial charge in [0, 0.05) is 11.6 Å². The molecular formula is C11H10N2O2. The van der Waals surface area contributed by atoms with Crippen LogP contribution in [0.1, 0.15) is 0 Å². The topological polar surface area (TPSA) is 62.2 Å². The molecule has 0 amide bonds. The van der Waals surface area contributed by atoms with Gasteiger partial charge < -0.3 is 10.4 Å². The second-order valence-corrected chi connectivity index (χ2v) is 3.13. The van der Waals surface area contributed by atoms with Crippen LogP contribution in [0.3, 0.4) is 0 Å². The third-order valence-corrected chi connectivity index (χ3v) is 2.08. The number of carboxylic acids is 1. The Labute approximate surface area is 86.6 Å². The number of hydrogen-bond acceptors (Lipinski definition) is 3. The van der Waals surface area contributed by atoms with Crippen molar-refractivity contribution in [3.05, 3.63) is 36.5 Å². The Kier molecular flexibility index (Phi) is 2.49. The average Bonchev–Trinajstić information content (AvgIpc) is 2.26. The third kappa shape index (κ3) is 2.04. The normalized spacial score (nSPS) is 10.1. The monoisotopic (exact) mass is 202 g/mol. The first kappa shape index (κ1) is 9.45. The van der Waals surface area contributed by atoms with Crippen LogP contribution in [0.25, 0.3) is 10.8 Å². The summed E-state index contributed by atoms with van der Waals surface area (Å²) in [5.41, 5.74) is 0. The van der Waals surface area contributed by atoms with Crippen LogP contribution >= 0.6 is 0 Å². The summed E-state index contributed by atoms with van der Waals surface area (Å²) in [6.07, 6.45) is 1.66. The van der Waals surface area contributed by atoms with Crippen molar-refractivity contribution in [3.63, 3.8) is 0 Å². The predicted molar refractivity (Wildman–Crippen MR) is 57.9 cm³/mol. The van der Waals surface area contributed by atoms with Crippen LogP contribution in [0.2, 0.25) is 0 Å². The molecule has 76 valence electrons. The summed E-state index contributed by atoms with van der Waals surface area (Å²) < 4.78 is 0. The maximum Gasteiger partial charge on any atom is 0.322 e. The molecule has 0 atom stereocenters. The van der Waals surface area contributed by atoms with Crippen LogP contribution in [-0.2, 0) is 4.79 Å². The van der Waals surface area contributed by atoms with Crippen LogP contribution in [0.15, 0.2) is 36.5 Å². The van der Waals surface area contributed by atoms with Gasteiger partial charge >= 0.3 is 5.97 Å². The Morgan fingerprint density at radius 3 is 2.93 bits per heavy atom. The van der Waals surface area contributed by atoms with Crippen molar-refractivity contribution in [2.45, 2.75) is 0 Å². The Morgan fingerprint density at radius 2 is 2.13 bits per heavy atom. The van der Waals surface area contributed by atoms with E-state index in [2.05, 4.69) is 10.3 Å². The van der Waals surface area contributed by atoms with E-state index in [0.29, 0.717) is 5.82 Å². The van der Waals surface area contributed by atoms with Crippen LogP contribution in [0, 0.1) is 0 Å². The highest BCUT2D eigenvalue weighted by Crippen LogP contribution is 2.19. The Bertz CT molecular complexity index is 491. The molecule has 0 saturated heterocycles. The molecule has 0 spiro atoms. The van der Waals surface area contributed by atoms with Gasteiger partial charge in [-0.15, -0.1) is 0 Å². The van der Waals surface area contributed by atoms with Crippen LogP contribution in [0.5, 0.6) is 0 Å². The fraction of sp³-hybridized carbons (Fsp3) is 0.0909. The molecule has 2 N–H and O–H groups in total. The van der Waals surface area contributed by atoms with Crippen molar-refractivity contribution < 1.29 is 9.90 Å². The van der Waals surface area contributed by atoms with Crippen molar-refractivity contribution in [3.8, 4) is 0 Å². The molecule has 0 aliphatic rings. The minimum absolute atomic E-state index is 0.124. The number of carboxylic acid groups (broad SMARTS) is 1. The number of rotatable bonds is 3. The van der Waals surface area contributed by atoms with Gasteiger partial charge in [0.05, 0.1) is 0 Å². The summed E-state index contributed by atoms with van der Waals surface area (Å²) in [7, 11) is 0. The molecule has 4 nitrogen and oxygen atoms in total. The standard InChI is InChI=1S/C11H10N2O2/c14-10(15)7-13-11-9-4-2-1-3-8(9)5-6-12-11/h1-6H,7H2,(H,12,13)(H,14,15). The van der Waals surface area contributed by atoms with E-state index in [1.165, 1.54) is 0 Å². The van der Waals surface area contributed by atoms with E-state index >= 15 is 0 Å². The lowest BCUT2D eigenvalue weighted by molar-refractivity contribution is -0.134. The van der Waals surface area contributed by atoms with E-state index in [9.17, 15) is 4.79 Å². The van der Waals surface area contributed by atoms with E-state index in [0.717, 1.165) is 10.8 Å². The van der Waals surface area contributed by atoms with Gasteiger partial charge in [0.1, 0.15) is 12.4 Å². The van der Waals surface area contributed by atoms with Crippen LogP contribution in [0.4, 0.5) is 5.82 Å². The van der Waals surface area contributed by atoms with Gasteiger partial charge in [-0.2, -0.15) is 0 Å². The third-order valence-electron chi connectivity index (χ3n) is 2.08. The van der Waals surface area contributed by atoms with Gasteiger partial charge in [-0.3, -0.25) is 4.79 Å². The van der Waals surface area contributed by atoms with Gasteiger partial charge in [-0.1, -0.05) is 24.3 Å². The maximum absolute atomic E-state index is 10.4. The number of nitrogens with zero attached hydrogens (tertiary/aromatic N) is 1. The Hall–Kier alpha value is -2.10. The van der Waals surface area contributed by atoms with E-state index < -0.39 is 5.97 Å². The summed E-state index contributed by atoms with van der Waals surface area (Å²) in [5.74, 6) is -0.291. The number of aliphatic carboxylic acids is 1. The van der Waals surface area contributed by atoms with E-state index in [1.807, 2.05) is 30.3 Å². The molecule has 0 saturated carbocycles. The van der Waals surface area contributed by atoms with Crippen LogP contribution < -0.4 is 5.32 Å². The highest BCUT2D eigenvalue weighted by Gasteiger charge is 2.02. The van der Waals surface area contributed by atoms with Crippen molar-refractivity contribution in [2.75, 3.05) is 11.9 Å². The number of benzene rings is 1. The number of hydrogen-bond donors (Lipinski definition) is 2. The van der Waals surface area contributed by atoms with Crippen molar-refractivity contribution in [1.82, 2.24) is 4.98 Å². The number of pyridine rings is 1. The number of anilines is 1. The lowest BCUT2D eigenvalue weighted by Crippen LogP contribution is -2.13. The van der Waals surface area contributed by atoms with E-state index in [-0.39, 0.29) is 6.54 Å². The molecule has 0 unspecified atom stereocenters. The Balaban J connectivity index is 2.38. The average molecular weight is 202 g/mol. The van der Waals surface area contributed by atoms with E-state index in [1.54, 1.807) is 6.20 Å². The van der Waals surface area contributed by atoms with Crippen molar-refractivity contribution in [2.24, 2.45) is 0 Å². The van der Waals surface area contributed by atoms with Gasteiger partial charge in [-0.05, 0) is 11.5 Å². The molecule has 4 heteroatoms. The van der Waals surface area contributed by atoms with Gasteiger partial charge in [0.2, 0.25) is 0 Å². The SMILES string of the molecule is O=C(O)CNc1nccc2ccccc12. The molecule has 0 aliphatic carbocycles. The lowest BCUT2D eigenvalue weighted by atomic mass is 10.1. The summed E-state index contributed by atoms with van der Waals surface area (Å²) in [6, 6.07) is 9.59. The molecule has 1 aromatic heterocycles. The smallest absolute Gasteiger partial charge is 0.322 e. The van der Waals surface area contributed by atoms with Gasteiger partial charge in [-0.25, -0.2) is 4.98 Å². The van der Waals surface area contributed by atoms with Gasteiger partial charge in [0.25, 0.3) is 0 Å². The van der Waals surface area contributed by atoms with E-state index in [4.69, 9.17) is 5.11 Å². The summed E-state index contributed by atoms with van der Waals surface area (Å²) in [5, 5.41) is 13.3. The number of aromatic nitrogens is 1. The molecule has 0 bridgehead atoms. The lowest BCUT2D eigenvalue weighted by Gasteiger charge is -2.05. The number of nitrogens with one attached hydrogen (secondary N) is 1. The zero-order chi connectivity index (χ0) is 10.7. The Morgan fingerprint density at radius 1 is 1.33 bits per heavy atom. The first-order valence-corrected chi connectivity index (χ1v) is 4.57. The molecule has 1 aromatic carbocycles. The maximum atomic E-state index is 10.4. The fourth-order valence-corrected chi connectivity index (χ4v) is 1.42. The van der Waals surface area contributed by atoms with Crippen molar-refractivity contribution >= 4 is 22.6 Å². The largest absolute Gasteiger partial charge is 0.480 e. The molecule has 0 fully saturated rings. The second-order valence-electron chi connectivity index (χ2n) is 3.13. The molecule has 1 heterocycles. The molecular weight excluding hydrogens is 192 g/mol. The van der Waals surface area contributed by atoms with Crippen molar-refractivity contribution in [1.29, 1.82) is 0 Å². The molecule has 2 rings (SSSR count).